The van der Waals surface area contributed by atoms with Crippen LogP contribution in [0, 0.1) is 12.3 Å². The molecular weight excluding hydrogens is 346 g/mol. The molecule has 1 aromatic carbocycles. The van der Waals surface area contributed by atoms with E-state index in [1.165, 1.54) is 57.3 Å². The Hall–Kier alpha value is -2.14. The molecule has 0 amide bonds. The minimum Gasteiger partial charge on any atom is -0.357 e. The Morgan fingerprint density at radius 1 is 1.07 bits per heavy atom. The number of aryl methyl sites for hydroxylation is 2. The highest BCUT2D eigenvalue weighted by Crippen LogP contribution is 2.40. The molecule has 1 atom stereocenters. The van der Waals surface area contributed by atoms with Crippen LogP contribution < -0.4 is 10.2 Å². The Balaban J connectivity index is 1.34. The highest BCUT2D eigenvalue weighted by Gasteiger charge is 2.41. The Labute approximate surface area is 169 Å². The molecule has 28 heavy (non-hydrogen) atoms. The fraction of sp³-hybridized carbons (Fsp3) is 0.565. The van der Waals surface area contributed by atoms with E-state index in [9.17, 15) is 0 Å². The summed E-state index contributed by atoms with van der Waals surface area (Å²) in [4.78, 5) is 14.3. The van der Waals surface area contributed by atoms with E-state index in [4.69, 9.17) is 4.98 Å². The first-order valence-corrected chi connectivity index (χ1v) is 10.7. The monoisotopic (exact) mass is 379 g/mol. The molecule has 0 aliphatic carbocycles. The lowest BCUT2D eigenvalue weighted by molar-refractivity contribution is 0.104. The Bertz CT molecular complexity index is 778. The fourth-order valence-electron chi connectivity index (χ4n) is 4.94. The van der Waals surface area contributed by atoms with Crippen molar-refractivity contribution in [1.29, 1.82) is 0 Å². The summed E-state index contributed by atoms with van der Waals surface area (Å²) in [5.41, 5.74) is 2.92. The Morgan fingerprint density at radius 2 is 1.93 bits per heavy atom. The zero-order valence-electron chi connectivity index (χ0n) is 17.3. The predicted octanol–water partition coefficient (Wildman–Crippen LogP) is 3.75. The molecule has 0 saturated carbocycles. The van der Waals surface area contributed by atoms with E-state index in [0.29, 0.717) is 5.41 Å². The van der Waals surface area contributed by atoms with Crippen molar-refractivity contribution in [3.05, 3.63) is 47.7 Å². The first kappa shape index (κ1) is 19.2. The van der Waals surface area contributed by atoms with Crippen LogP contribution in [0.4, 0.5) is 11.8 Å². The minimum atomic E-state index is 0.434. The standard InChI is InChI=1S/C23H33N5/c1-19-16-21(26-22(24-2)25-19)28-15-12-23(18-28)11-7-14-27(17-23)13-6-10-20-8-4-3-5-9-20/h3-5,8-9,16H,6-7,10-15,17-18H2,1-2H3,(H,24,25,26). The molecule has 0 radical (unpaired) electrons. The largest absolute Gasteiger partial charge is 0.357 e. The van der Waals surface area contributed by atoms with Gasteiger partial charge in [0.1, 0.15) is 5.82 Å². The Morgan fingerprint density at radius 3 is 2.75 bits per heavy atom. The maximum atomic E-state index is 4.70. The van der Waals surface area contributed by atoms with Gasteiger partial charge in [0, 0.05) is 43.9 Å². The first-order chi connectivity index (χ1) is 13.7. The van der Waals surface area contributed by atoms with E-state index < -0.39 is 0 Å². The van der Waals surface area contributed by atoms with Crippen LogP contribution in [0.15, 0.2) is 36.4 Å². The van der Waals surface area contributed by atoms with Gasteiger partial charge in [-0.05, 0) is 57.7 Å². The molecule has 5 nitrogen and oxygen atoms in total. The quantitative estimate of drug-likeness (QED) is 0.828. The number of anilines is 2. The molecule has 2 saturated heterocycles. The normalized spacial score (nSPS) is 22.7. The molecule has 2 aliphatic heterocycles. The second-order valence-corrected chi connectivity index (χ2v) is 8.58. The molecule has 2 aliphatic rings. The van der Waals surface area contributed by atoms with Crippen molar-refractivity contribution in [2.45, 2.75) is 39.0 Å². The van der Waals surface area contributed by atoms with Gasteiger partial charge in [0.2, 0.25) is 5.95 Å². The van der Waals surface area contributed by atoms with Crippen molar-refractivity contribution >= 4 is 11.8 Å². The van der Waals surface area contributed by atoms with Gasteiger partial charge in [-0.25, -0.2) is 4.98 Å². The molecule has 4 rings (SSSR count). The predicted molar refractivity (Wildman–Crippen MR) is 116 cm³/mol. The van der Waals surface area contributed by atoms with Gasteiger partial charge in [-0.15, -0.1) is 0 Å². The molecule has 3 heterocycles. The van der Waals surface area contributed by atoms with Crippen LogP contribution in [0.2, 0.25) is 0 Å². The number of nitrogens with zero attached hydrogens (tertiary/aromatic N) is 4. The van der Waals surface area contributed by atoms with Gasteiger partial charge in [0.15, 0.2) is 0 Å². The lowest BCUT2D eigenvalue weighted by atomic mass is 9.79. The van der Waals surface area contributed by atoms with E-state index in [0.717, 1.165) is 30.5 Å². The average molecular weight is 380 g/mol. The Kier molecular flexibility index (Phi) is 5.81. The van der Waals surface area contributed by atoms with E-state index in [-0.39, 0.29) is 0 Å². The molecule has 150 valence electrons. The topological polar surface area (TPSA) is 44.3 Å². The number of benzene rings is 1. The van der Waals surface area contributed by atoms with Crippen molar-refractivity contribution in [1.82, 2.24) is 14.9 Å². The second kappa shape index (κ2) is 8.48. The van der Waals surface area contributed by atoms with Crippen LogP contribution >= 0.6 is 0 Å². The zero-order chi connectivity index (χ0) is 19.4. The third kappa shape index (κ3) is 4.46. The van der Waals surface area contributed by atoms with E-state index in [2.05, 4.69) is 56.5 Å². The maximum absolute atomic E-state index is 4.70. The lowest BCUT2D eigenvalue weighted by Crippen LogP contribution is -2.45. The molecule has 2 fully saturated rings. The molecular formula is C23H33N5. The van der Waals surface area contributed by atoms with Gasteiger partial charge in [-0.1, -0.05) is 30.3 Å². The molecule has 1 aromatic heterocycles. The van der Waals surface area contributed by atoms with E-state index in [1.807, 2.05) is 14.0 Å². The van der Waals surface area contributed by atoms with Crippen LogP contribution in [0.3, 0.4) is 0 Å². The molecule has 5 heteroatoms. The van der Waals surface area contributed by atoms with Crippen LogP contribution in [-0.2, 0) is 6.42 Å². The lowest BCUT2D eigenvalue weighted by Gasteiger charge is -2.40. The van der Waals surface area contributed by atoms with Crippen molar-refractivity contribution in [3.8, 4) is 0 Å². The van der Waals surface area contributed by atoms with Gasteiger partial charge in [0.25, 0.3) is 0 Å². The van der Waals surface area contributed by atoms with Crippen LogP contribution in [0.5, 0.6) is 0 Å². The third-order valence-electron chi connectivity index (χ3n) is 6.35. The van der Waals surface area contributed by atoms with E-state index >= 15 is 0 Å². The number of piperidine rings is 1. The summed E-state index contributed by atoms with van der Waals surface area (Å²) in [6.07, 6.45) is 6.38. The first-order valence-electron chi connectivity index (χ1n) is 10.7. The number of nitrogens with one attached hydrogen (secondary N) is 1. The van der Waals surface area contributed by atoms with Crippen LogP contribution in [0.25, 0.3) is 0 Å². The highest BCUT2D eigenvalue weighted by molar-refractivity contribution is 5.46. The summed E-state index contributed by atoms with van der Waals surface area (Å²) in [6.45, 7) is 7.99. The summed E-state index contributed by atoms with van der Waals surface area (Å²) in [5, 5.41) is 3.09. The minimum absolute atomic E-state index is 0.434. The van der Waals surface area contributed by atoms with Crippen molar-refractivity contribution in [3.63, 3.8) is 0 Å². The van der Waals surface area contributed by atoms with Crippen molar-refractivity contribution in [2.75, 3.05) is 50.0 Å². The van der Waals surface area contributed by atoms with Crippen molar-refractivity contribution in [2.24, 2.45) is 5.41 Å². The third-order valence-corrected chi connectivity index (χ3v) is 6.35. The summed E-state index contributed by atoms with van der Waals surface area (Å²) >= 11 is 0. The summed E-state index contributed by atoms with van der Waals surface area (Å²) < 4.78 is 0. The molecule has 0 bridgehead atoms. The number of rotatable bonds is 6. The molecule has 1 spiro atoms. The van der Waals surface area contributed by atoms with Gasteiger partial charge in [-0.3, -0.25) is 0 Å². The molecule has 1 unspecified atom stereocenters. The fourth-order valence-corrected chi connectivity index (χ4v) is 4.94. The van der Waals surface area contributed by atoms with E-state index in [1.54, 1.807) is 0 Å². The van der Waals surface area contributed by atoms with Gasteiger partial charge in [0.05, 0.1) is 0 Å². The van der Waals surface area contributed by atoms with Gasteiger partial charge >= 0.3 is 0 Å². The summed E-state index contributed by atoms with van der Waals surface area (Å²) in [7, 11) is 1.89. The van der Waals surface area contributed by atoms with Gasteiger partial charge < -0.3 is 15.1 Å². The van der Waals surface area contributed by atoms with Crippen molar-refractivity contribution < 1.29 is 0 Å². The number of hydrogen-bond donors (Lipinski definition) is 1. The zero-order valence-corrected chi connectivity index (χ0v) is 17.3. The second-order valence-electron chi connectivity index (χ2n) is 8.58. The number of aromatic nitrogens is 2. The number of hydrogen-bond acceptors (Lipinski definition) is 5. The summed E-state index contributed by atoms with van der Waals surface area (Å²) in [5.74, 6) is 1.80. The number of likely N-dealkylation sites (tertiary alicyclic amines) is 1. The highest BCUT2D eigenvalue weighted by atomic mass is 15.3. The molecule has 2 aromatic rings. The summed E-state index contributed by atoms with van der Waals surface area (Å²) in [6, 6.07) is 13.0. The molecule has 1 N–H and O–H groups in total. The van der Waals surface area contributed by atoms with Gasteiger partial charge in [-0.2, -0.15) is 4.98 Å². The smallest absolute Gasteiger partial charge is 0.224 e. The van der Waals surface area contributed by atoms with Crippen LogP contribution in [-0.4, -0.2) is 54.6 Å². The maximum Gasteiger partial charge on any atom is 0.224 e. The average Bonchev–Trinajstić information content (AvgIpc) is 3.11. The SMILES string of the molecule is CNc1nc(C)cc(N2CCC3(CCCN(CCCc4ccccc4)C3)C2)n1. The van der Waals surface area contributed by atoms with Crippen LogP contribution in [0.1, 0.15) is 36.9 Å².